The first-order valence-corrected chi connectivity index (χ1v) is 12.1. The molecule has 30 heavy (non-hydrogen) atoms. The summed E-state index contributed by atoms with van der Waals surface area (Å²) in [7, 11) is -1.64. The number of fused-ring (bicyclic) bond motifs is 1. The average molecular weight is 433 g/mol. The van der Waals surface area contributed by atoms with E-state index in [1.807, 2.05) is 18.2 Å². The van der Waals surface area contributed by atoms with Gasteiger partial charge in [0.1, 0.15) is 11.6 Å². The molecule has 1 N–H and O–H groups in total. The third kappa shape index (κ3) is 4.43. The van der Waals surface area contributed by atoms with Gasteiger partial charge in [-0.3, -0.25) is 9.69 Å². The van der Waals surface area contributed by atoms with Crippen LogP contribution in [-0.2, 0) is 29.5 Å². The van der Waals surface area contributed by atoms with Crippen molar-refractivity contribution in [3.05, 3.63) is 57.3 Å². The Morgan fingerprint density at radius 1 is 1.27 bits per heavy atom. The third-order valence-electron chi connectivity index (χ3n) is 6.00. The van der Waals surface area contributed by atoms with Crippen LogP contribution in [0.1, 0.15) is 41.4 Å². The molecule has 1 atom stereocenters. The lowest BCUT2D eigenvalue weighted by molar-refractivity contribution is 0.194. The van der Waals surface area contributed by atoms with E-state index in [0.717, 1.165) is 55.3 Å². The Morgan fingerprint density at radius 3 is 2.83 bits per heavy atom. The molecule has 8 nitrogen and oxygen atoms in total. The van der Waals surface area contributed by atoms with E-state index in [1.165, 1.54) is 10.6 Å². The van der Waals surface area contributed by atoms with E-state index < -0.39 is 10.0 Å². The van der Waals surface area contributed by atoms with E-state index in [-0.39, 0.29) is 18.0 Å². The number of sulfonamides is 1. The number of aromatic nitrogens is 2. The molecule has 1 aromatic heterocycles. The number of H-pyrrole nitrogens is 1. The van der Waals surface area contributed by atoms with Gasteiger partial charge in [-0.2, -0.15) is 4.31 Å². The molecular formula is C21H28N4O4S. The molecule has 2 aliphatic heterocycles. The molecule has 162 valence electrons. The normalized spacial score (nSPS) is 20.7. The van der Waals surface area contributed by atoms with Gasteiger partial charge in [0.15, 0.2) is 0 Å². The van der Waals surface area contributed by atoms with Gasteiger partial charge in [0.05, 0.1) is 24.6 Å². The summed E-state index contributed by atoms with van der Waals surface area (Å²) in [5, 5.41) is 0. The molecule has 0 aliphatic carbocycles. The Labute approximate surface area is 176 Å². The zero-order valence-corrected chi connectivity index (χ0v) is 18.2. The van der Waals surface area contributed by atoms with Crippen molar-refractivity contribution in [3.63, 3.8) is 0 Å². The van der Waals surface area contributed by atoms with Crippen molar-refractivity contribution < 1.29 is 13.2 Å². The van der Waals surface area contributed by atoms with E-state index in [4.69, 9.17) is 9.72 Å². The van der Waals surface area contributed by atoms with Crippen LogP contribution in [0.4, 0.5) is 0 Å². The largest absolute Gasteiger partial charge is 0.496 e. The number of hydrogen-bond acceptors (Lipinski definition) is 6. The summed E-state index contributed by atoms with van der Waals surface area (Å²) in [6.07, 6.45) is 3.64. The Kier molecular flexibility index (Phi) is 5.95. The second kappa shape index (κ2) is 8.49. The van der Waals surface area contributed by atoms with Crippen LogP contribution in [0.25, 0.3) is 0 Å². The van der Waals surface area contributed by atoms with Crippen LogP contribution in [0.15, 0.2) is 29.1 Å². The molecule has 9 heteroatoms. The van der Waals surface area contributed by atoms with E-state index >= 15 is 0 Å². The first-order valence-electron chi connectivity index (χ1n) is 10.3. The number of rotatable bonds is 5. The molecule has 0 bridgehead atoms. The van der Waals surface area contributed by atoms with Crippen molar-refractivity contribution >= 4 is 10.0 Å². The number of benzene rings is 1. The van der Waals surface area contributed by atoms with Crippen LogP contribution < -0.4 is 10.3 Å². The van der Waals surface area contributed by atoms with Gasteiger partial charge in [0.25, 0.3) is 5.56 Å². The van der Waals surface area contributed by atoms with Crippen molar-refractivity contribution in [1.29, 1.82) is 0 Å². The Bertz CT molecular complexity index is 1080. The topological polar surface area (TPSA) is 95.6 Å². The van der Waals surface area contributed by atoms with Gasteiger partial charge in [-0.1, -0.05) is 18.2 Å². The second-order valence-electron chi connectivity index (χ2n) is 8.11. The quantitative estimate of drug-likeness (QED) is 0.769. The number of ether oxygens (including phenoxy) is 1. The van der Waals surface area contributed by atoms with Crippen LogP contribution in [0, 0.1) is 0 Å². The fraction of sp³-hybridized carbons (Fsp3) is 0.524. The summed E-state index contributed by atoms with van der Waals surface area (Å²) in [6.45, 7) is 3.06. The zero-order chi connectivity index (χ0) is 21.3. The predicted molar refractivity (Wildman–Crippen MR) is 114 cm³/mol. The molecule has 0 saturated carbocycles. The van der Waals surface area contributed by atoms with Crippen molar-refractivity contribution in [2.75, 3.05) is 33.0 Å². The molecule has 1 fully saturated rings. The van der Waals surface area contributed by atoms with Gasteiger partial charge >= 0.3 is 0 Å². The summed E-state index contributed by atoms with van der Waals surface area (Å²) < 4.78 is 30.5. The third-order valence-corrected chi connectivity index (χ3v) is 7.25. The number of aromatic amines is 1. The van der Waals surface area contributed by atoms with Gasteiger partial charge in [-0.05, 0) is 25.5 Å². The SMILES string of the molecule is COc1ccccc1CN1CCC[C@H](c2nc3c(c(=O)[nH]2)CN(S(C)(=O)=O)CC3)C1. The van der Waals surface area contributed by atoms with Crippen molar-refractivity contribution in [2.45, 2.75) is 38.3 Å². The maximum atomic E-state index is 12.7. The van der Waals surface area contributed by atoms with Crippen LogP contribution >= 0.6 is 0 Å². The minimum atomic E-state index is -3.32. The van der Waals surface area contributed by atoms with Gasteiger partial charge in [-0.15, -0.1) is 0 Å². The highest BCUT2D eigenvalue weighted by atomic mass is 32.2. The van der Waals surface area contributed by atoms with E-state index in [9.17, 15) is 13.2 Å². The van der Waals surface area contributed by atoms with Crippen LogP contribution in [0.3, 0.4) is 0 Å². The monoisotopic (exact) mass is 432 g/mol. The summed E-state index contributed by atoms with van der Waals surface area (Å²) in [6, 6.07) is 8.03. The van der Waals surface area contributed by atoms with Gasteiger partial charge < -0.3 is 9.72 Å². The van der Waals surface area contributed by atoms with E-state index in [0.29, 0.717) is 18.5 Å². The molecule has 2 aromatic rings. The highest BCUT2D eigenvalue weighted by molar-refractivity contribution is 7.88. The fourth-order valence-electron chi connectivity index (χ4n) is 4.39. The predicted octanol–water partition coefficient (Wildman–Crippen LogP) is 1.48. The first-order chi connectivity index (χ1) is 14.3. The number of nitrogens with zero attached hydrogens (tertiary/aromatic N) is 3. The number of nitrogens with one attached hydrogen (secondary N) is 1. The number of piperidine rings is 1. The summed E-state index contributed by atoms with van der Waals surface area (Å²) in [4.78, 5) is 22.8. The van der Waals surface area contributed by atoms with Crippen LogP contribution in [0.2, 0.25) is 0 Å². The molecule has 0 unspecified atom stereocenters. The van der Waals surface area contributed by atoms with Gasteiger partial charge in [0, 0.05) is 44.1 Å². The molecule has 3 heterocycles. The Balaban J connectivity index is 1.52. The first kappa shape index (κ1) is 21.0. The highest BCUT2D eigenvalue weighted by Gasteiger charge is 2.29. The maximum Gasteiger partial charge on any atom is 0.255 e. The Morgan fingerprint density at radius 2 is 2.07 bits per heavy atom. The highest BCUT2D eigenvalue weighted by Crippen LogP contribution is 2.28. The molecule has 2 aliphatic rings. The molecule has 1 saturated heterocycles. The smallest absolute Gasteiger partial charge is 0.255 e. The second-order valence-corrected chi connectivity index (χ2v) is 10.1. The maximum absolute atomic E-state index is 12.7. The average Bonchev–Trinajstić information content (AvgIpc) is 2.73. The van der Waals surface area contributed by atoms with Gasteiger partial charge in [-0.25, -0.2) is 13.4 Å². The molecule has 4 rings (SSSR count). The van der Waals surface area contributed by atoms with Crippen molar-refractivity contribution in [3.8, 4) is 5.75 Å². The molecule has 1 aromatic carbocycles. The number of hydrogen-bond donors (Lipinski definition) is 1. The minimum absolute atomic E-state index is 0.0986. The number of methoxy groups -OCH3 is 1. The van der Waals surface area contributed by atoms with Crippen LogP contribution in [0.5, 0.6) is 5.75 Å². The van der Waals surface area contributed by atoms with E-state index in [2.05, 4.69) is 16.0 Å². The summed E-state index contributed by atoms with van der Waals surface area (Å²) in [5.41, 5.74) is 2.13. The van der Waals surface area contributed by atoms with Crippen molar-refractivity contribution in [2.24, 2.45) is 0 Å². The molecule has 0 amide bonds. The zero-order valence-electron chi connectivity index (χ0n) is 17.4. The molecule has 0 radical (unpaired) electrons. The number of likely N-dealkylation sites (tertiary alicyclic amines) is 1. The lowest BCUT2D eigenvalue weighted by Gasteiger charge is -2.33. The van der Waals surface area contributed by atoms with Crippen LogP contribution in [-0.4, -0.2) is 60.6 Å². The van der Waals surface area contributed by atoms with Crippen molar-refractivity contribution in [1.82, 2.24) is 19.2 Å². The fourth-order valence-corrected chi connectivity index (χ4v) is 5.18. The summed E-state index contributed by atoms with van der Waals surface area (Å²) in [5.74, 6) is 1.76. The molecule has 0 spiro atoms. The van der Waals surface area contributed by atoms with E-state index in [1.54, 1.807) is 7.11 Å². The Hall–Kier alpha value is -2.23. The lowest BCUT2D eigenvalue weighted by Crippen LogP contribution is -2.40. The number of para-hydroxylation sites is 1. The minimum Gasteiger partial charge on any atom is -0.496 e. The summed E-state index contributed by atoms with van der Waals surface area (Å²) >= 11 is 0. The standard InChI is InChI=1S/C21H28N4O4S/c1-29-19-8-4-3-6-15(19)12-24-10-5-7-16(13-24)20-22-18-9-11-25(30(2,27)28)14-17(18)21(26)23-20/h3-4,6,8,16H,5,7,9-14H2,1-2H3,(H,22,23,26)/t16-/m0/s1. The van der Waals surface area contributed by atoms with Gasteiger partial charge in [0.2, 0.25) is 10.0 Å². The molecular weight excluding hydrogens is 404 g/mol. The lowest BCUT2D eigenvalue weighted by atomic mass is 9.96.